The average Bonchev–Trinajstić information content (AvgIpc) is 2.58. The van der Waals surface area contributed by atoms with Crippen LogP contribution in [-0.2, 0) is 30.4 Å². The number of allylic oxidation sites excluding steroid dienone is 3. The lowest BCUT2D eigenvalue weighted by molar-refractivity contribution is -0.151. The minimum atomic E-state index is -0.456. The van der Waals surface area contributed by atoms with Crippen LogP contribution >= 0.6 is 0 Å². The molecule has 0 spiro atoms. The van der Waals surface area contributed by atoms with Crippen LogP contribution in [0.25, 0.3) is 0 Å². The molecule has 5 heteroatoms. The lowest BCUT2D eigenvalue weighted by Gasteiger charge is -2.21. The smallest absolute Gasteiger partial charge is 0.303 e. The van der Waals surface area contributed by atoms with E-state index in [0.29, 0.717) is 26.1 Å². The van der Waals surface area contributed by atoms with E-state index in [1.807, 2.05) is 55.5 Å². The van der Waals surface area contributed by atoms with Gasteiger partial charge in [0.15, 0.2) is 0 Å². The maximum Gasteiger partial charge on any atom is 0.303 e. The van der Waals surface area contributed by atoms with Crippen molar-refractivity contribution < 1.29 is 23.8 Å². The standard InChI is InChI=1S/C21H28O5/c1-4-5-7-12-20(25-17(2)22)15-21(26-18(3)23)13-14-24-16-19-10-8-6-9-11-19/h4-12,20-21H,13-16H2,1-3H3/b5-4+,12-7-/t20-,21-/m0/s1. The van der Waals surface area contributed by atoms with E-state index in [1.54, 1.807) is 6.08 Å². The lowest BCUT2D eigenvalue weighted by Crippen LogP contribution is -2.26. The summed E-state index contributed by atoms with van der Waals surface area (Å²) in [5, 5.41) is 0. The molecule has 1 aromatic carbocycles. The molecule has 0 aliphatic rings. The highest BCUT2D eigenvalue weighted by molar-refractivity contribution is 5.66. The van der Waals surface area contributed by atoms with Gasteiger partial charge in [0, 0.05) is 26.7 Å². The molecule has 0 saturated heterocycles. The van der Waals surface area contributed by atoms with E-state index in [0.717, 1.165) is 5.56 Å². The van der Waals surface area contributed by atoms with Gasteiger partial charge in [-0.25, -0.2) is 0 Å². The maximum absolute atomic E-state index is 11.4. The van der Waals surface area contributed by atoms with Gasteiger partial charge >= 0.3 is 11.9 Å². The average molecular weight is 360 g/mol. The van der Waals surface area contributed by atoms with Gasteiger partial charge in [-0.1, -0.05) is 48.6 Å². The summed E-state index contributed by atoms with van der Waals surface area (Å²) in [6.07, 6.45) is 7.39. The second-order valence-corrected chi connectivity index (χ2v) is 5.85. The summed E-state index contributed by atoms with van der Waals surface area (Å²) in [6, 6.07) is 9.86. The molecule has 0 unspecified atom stereocenters. The number of hydrogen-bond donors (Lipinski definition) is 0. The number of hydrogen-bond acceptors (Lipinski definition) is 5. The minimum Gasteiger partial charge on any atom is -0.462 e. The Morgan fingerprint density at radius 3 is 2.35 bits per heavy atom. The van der Waals surface area contributed by atoms with Gasteiger partial charge in [-0.05, 0) is 18.6 Å². The van der Waals surface area contributed by atoms with Crippen LogP contribution in [0, 0.1) is 0 Å². The van der Waals surface area contributed by atoms with Crippen molar-refractivity contribution in [1.29, 1.82) is 0 Å². The molecule has 0 aliphatic carbocycles. The van der Waals surface area contributed by atoms with Gasteiger partial charge in [0.25, 0.3) is 0 Å². The monoisotopic (exact) mass is 360 g/mol. The molecule has 0 radical (unpaired) electrons. The van der Waals surface area contributed by atoms with Crippen molar-refractivity contribution in [3.8, 4) is 0 Å². The van der Waals surface area contributed by atoms with Crippen molar-refractivity contribution in [2.45, 2.75) is 52.4 Å². The largest absolute Gasteiger partial charge is 0.462 e. The fourth-order valence-corrected chi connectivity index (χ4v) is 2.38. The second kappa shape index (κ2) is 12.9. The van der Waals surface area contributed by atoms with E-state index in [9.17, 15) is 9.59 Å². The zero-order valence-electron chi connectivity index (χ0n) is 15.7. The molecule has 0 N–H and O–H groups in total. The lowest BCUT2D eigenvalue weighted by atomic mass is 10.1. The zero-order chi connectivity index (χ0) is 19.2. The van der Waals surface area contributed by atoms with Crippen molar-refractivity contribution in [2.75, 3.05) is 6.61 Å². The summed E-state index contributed by atoms with van der Waals surface area (Å²) in [4.78, 5) is 22.7. The Bertz CT molecular complexity index is 592. The number of benzene rings is 1. The molecule has 0 bridgehead atoms. The molecule has 0 aromatic heterocycles. The van der Waals surface area contributed by atoms with Crippen molar-refractivity contribution in [3.05, 3.63) is 60.2 Å². The number of ether oxygens (including phenoxy) is 3. The van der Waals surface area contributed by atoms with Crippen LogP contribution in [-0.4, -0.2) is 30.8 Å². The van der Waals surface area contributed by atoms with E-state index < -0.39 is 6.10 Å². The molecule has 1 rings (SSSR count). The summed E-state index contributed by atoms with van der Waals surface area (Å²) in [5.41, 5.74) is 1.09. The molecule has 0 aliphatic heterocycles. The number of carbonyl (C=O) groups is 2. The summed E-state index contributed by atoms with van der Waals surface area (Å²) >= 11 is 0. The number of carbonyl (C=O) groups excluding carboxylic acids is 2. The Hall–Kier alpha value is -2.40. The molecular formula is C21H28O5. The molecule has 142 valence electrons. The first-order chi connectivity index (χ1) is 12.5. The number of esters is 2. The first-order valence-electron chi connectivity index (χ1n) is 8.76. The van der Waals surface area contributed by atoms with E-state index in [-0.39, 0.29) is 18.0 Å². The van der Waals surface area contributed by atoms with Crippen LogP contribution in [0.4, 0.5) is 0 Å². The maximum atomic E-state index is 11.4. The summed E-state index contributed by atoms with van der Waals surface area (Å²) in [7, 11) is 0. The predicted octanol–water partition coefficient (Wildman–Crippen LogP) is 3.98. The SMILES string of the molecule is C/C=C/C=C\[C@@H](C[C@H](CCOCc1ccccc1)OC(C)=O)OC(C)=O. The van der Waals surface area contributed by atoms with Crippen LogP contribution < -0.4 is 0 Å². The highest BCUT2D eigenvalue weighted by Crippen LogP contribution is 2.13. The molecular weight excluding hydrogens is 332 g/mol. The van der Waals surface area contributed by atoms with Gasteiger partial charge in [-0.3, -0.25) is 9.59 Å². The highest BCUT2D eigenvalue weighted by Gasteiger charge is 2.19. The van der Waals surface area contributed by atoms with E-state index in [1.165, 1.54) is 13.8 Å². The van der Waals surface area contributed by atoms with Gasteiger partial charge in [0.1, 0.15) is 12.2 Å². The van der Waals surface area contributed by atoms with Gasteiger partial charge < -0.3 is 14.2 Å². The second-order valence-electron chi connectivity index (χ2n) is 5.85. The minimum absolute atomic E-state index is 0.364. The Labute approximate surface area is 155 Å². The Morgan fingerprint density at radius 1 is 1.04 bits per heavy atom. The summed E-state index contributed by atoms with van der Waals surface area (Å²) in [5.74, 6) is -0.737. The fourth-order valence-electron chi connectivity index (χ4n) is 2.38. The molecule has 0 fully saturated rings. The Balaban J connectivity index is 2.56. The van der Waals surface area contributed by atoms with Crippen molar-refractivity contribution in [3.63, 3.8) is 0 Å². The first kappa shape index (κ1) is 21.6. The number of rotatable bonds is 11. The van der Waals surface area contributed by atoms with Crippen LogP contribution in [0.1, 0.15) is 39.2 Å². The van der Waals surface area contributed by atoms with Crippen LogP contribution in [0.5, 0.6) is 0 Å². The summed E-state index contributed by atoms with van der Waals surface area (Å²) in [6.45, 7) is 5.58. The molecule has 5 nitrogen and oxygen atoms in total. The van der Waals surface area contributed by atoms with Crippen molar-refractivity contribution in [1.82, 2.24) is 0 Å². The van der Waals surface area contributed by atoms with Gasteiger partial charge in [0.05, 0.1) is 13.2 Å². The molecule has 1 aromatic rings. The highest BCUT2D eigenvalue weighted by atomic mass is 16.6. The van der Waals surface area contributed by atoms with Crippen LogP contribution in [0.3, 0.4) is 0 Å². The Morgan fingerprint density at radius 2 is 1.73 bits per heavy atom. The van der Waals surface area contributed by atoms with Gasteiger partial charge in [-0.2, -0.15) is 0 Å². The van der Waals surface area contributed by atoms with E-state index >= 15 is 0 Å². The fraction of sp³-hybridized carbons (Fsp3) is 0.429. The molecule has 2 atom stereocenters. The predicted molar refractivity (Wildman–Crippen MR) is 100 cm³/mol. The molecule has 0 amide bonds. The third-order valence-electron chi connectivity index (χ3n) is 3.47. The van der Waals surface area contributed by atoms with Crippen LogP contribution in [0.2, 0.25) is 0 Å². The third kappa shape index (κ3) is 10.5. The van der Waals surface area contributed by atoms with Gasteiger partial charge in [-0.15, -0.1) is 0 Å². The quantitative estimate of drug-likeness (QED) is 0.339. The summed E-state index contributed by atoms with van der Waals surface area (Å²) < 4.78 is 16.3. The van der Waals surface area contributed by atoms with E-state index in [2.05, 4.69) is 0 Å². The molecule has 0 saturated carbocycles. The zero-order valence-corrected chi connectivity index (χ0v) is 15.7. The topological polar surface area (TPSA) is 61.8 Å². The molecule has 0 heterocycles. The van der Waals surface area contributed by atoms with E-state index in [4.69, 9.17) is 14.2 Å². The van der Waals surface area contributed by atoms with Gasteiger partial charge in [0.2, 0.25) is 0 Å². The van der Waals surface area contributed by atoms with Crippen LogP contribution in [0.15, 0.2) is 54.6 Å². The Kier molecular flexibility index (Phi) is 10.7. The van der Waals surface area contributed by atoms with Crippen molar-refractivity contribution >= 4 is 11.9 Å². The normalized spacial score (nSPS) is 13.7. The molecule has 26 heavy (non-hydrogen) atoms. The van der Waals surface area contributed by atoms with Crippen molar-refractivity contribution in [2.24, 2.45) is 0 Å². The third-order valence-corrected chi connectivity index (χ3v) is 3.47. The first-order valence-corrected chi connectivity index (χ1v) is 8.76.